The summed E-state index contributed by atoms with van der Waals surface area (Å²) >= 11 is 0. The molecule has 7 nitrogen and oxygen atoms in total. The van der Waals surface area contributed by atoms with Gasteiger partial charge in [-0.25, -0.2) is 0 Å². The highest BCUT2D eigenvalue weighted by molar-refractivity contribution is 5.94. The van der Waals surface area contributed by atoms with Crippen molar-refractivity contribution in [3.05, 3.63) is 35.4 Å². The van der Waals surface area contributed by atoms with Crippen LogP contribution in [0.5, 0.6) is 0 Å². The lowest BCUT2D eigenvalue weighted by Gasteiger charge is -2.35. The van der Waals surface area contributed by atoms with E-state index in [2.05, 4.69) is 15.6 Å². The Balaban J connectivity index is 1.49. The lowest BCUT2D eigenvalue weighted by atomic mass is 9.83. The third kappa shape index (κ3) is 6.69. The van der Waals surface area contributed by atoms with Crippen LogP contribution < -0.4 is 10.6 Å². The Kier molecular flexibility index (Phi) is 8.93. The molecule has 1 aromatic carbocycles. The van der Waals surface area contributed by atoms with Crippen molar-refractivity contribution in [3.63, 3.8) is 0 Å². The van der Waals surface area contributed by atoms with Crippen molar-refractivity contribution in [1.82, 2.24) is 15.5 Å². The summed E-state index contributed by atoms with van der Waals surface area (Å²) in [5.74, 6) is 0.882. The van der Waals surface area contributed by atoms with Gasteiger partial charge in [-0.15, -0.1) is 0 Å². The molecule has 0 radical (unpaired) electrons. The number of guanidine groups is 1. The van der Waals surface area contributed by atoms with Crippen molar-refractivity contribution >= 4 is 11.9 Å². The number of aliphatic imine (C=N–C) groups is 1. The summed E-state index contributed by atoms with van der Waals surface area (Å²) in [6.07, 6.45) is 6.32. The molecule has 32 heavy (non-hydrogen) atoms. The van der Waals surface area contributed by atoms with Crippen molar-refractivity contribution in [2.45, 2.75) is 64.7 Å². The second kappa shape index (κ2) is 11.7. The number of carbonyl (C=O) groups excluding carboxylic acids is 1. The molecule has 0 spiro atoms. The van der Waals surface area contributed by atoms with Crippen LogP contribution in [0, 0.1) is 5.41 Å². The fraction of sp³-hybridized carbons (Fsp3) is 0.680. The Labute approximate surface area is 192 Å². The first-order valence-electron chi connectivity index (χ1n) is 11.9. The van der Waals surface area contributed by atoms with Gasteiger partial charge in [0.15, 0.2) is 5.96 Å². The van der Waals surface area contributed by atoms with Crippen LogP contribution >= 0.6 is 0 Å². The van der Waals surface area contributed by atoms with Crippen LogP contribution in [-0.2, 0) is 16.0 Å². The fourth-order valence-electron chi connectivity index (χ4n) is 4.93. The Hall–Kier alpha value is -2.12. The van der Waals surface area contributed by atoms with E-state index in [-0.39, 0.29) is 18.1 Å². The van der Waals surface area contributed by atoms with Crippen molar-refractivity contribution in [2.24, 2.45) is 10.4 Å². The summed E-state index contributed by atoms with van der Waals surface area (Å²) < 4.78 is 11.1. The summed E-state index contributed by atoms with van der Waals surface area (Å²) in [6, 6.07) is 7.85. The smallest absolute Gasteiger partial charge is 0.254 e. The molecule has 7 heteroatoms. The maximum Gasteiger partial charge on any atom is 0.254 e. The number of methoxy groups -OCH3 is 1. The normalized spacial score (nSPS) is 23.2. The summed E-state index contributed by atoms with van der Waals surface area (Å²) in [5, 5.41) is 6.93. The number of hydrogen-bond acceptors (Lipinski definition) is 4. The number of amides is 1. The van der Waals surface area contributed by atoms with Gasteiger partial charge in [0.2, 0.25) is 0 Å². The minimum absolute atomic E-state index is 0.0712. The third-order valence-electron chi connectivity index (χ3n) is 6.72. The Morgan fingerprint density at radius 3 is 2.41 bits per heavy atom. The molecule has 1 aliphatic heterocycles. The van der Waals surface area contributed by atoms with Gasteiger partial charge in [0.1, 0.15) is 0 Å². The van der Waals surface area contributed by atoms with Crippen LogP contribution in [0.4, 0.5) is 0 Å². The number of nitrogens with one attached hydrogen (secondary N) is 2. The highest BCUT2D eigenvalue weighted by Crippen LogP contribution is 2.40. The minimum atomic E-state index is 0.0712. The molecule has 0 bridgehead atoms. The van der Waals surface area contributed by atoms with Crippen LogP contribution in [0.3, 0.4) is 0 Å². The number of rotatable bonds is 8. The topological polar surface area (TPSA) is 75.2 Å². The largest absolute Gasteiger partial charge is 0.385 e. The number of nitrogens with zero attached hydrogens (tertiary/aromatic N) is 2. The molecule has 1 saturated heterocycles. The van der Waals surface area contributed by atoms with E-state index in [1.54, 1.807) is 14.2 Å². The van der Waals surface area contributed by atoms with Crippen LogP contribution in [-0.4, -0.2) is 69.4 Å². The Morgan fingerprint density at radius 1 is 1.16 bits per heavy atom. The van der Waals surface area contributed by atoms with Gasteiger partial charge in [-0.1, -0.05) is 25.0 Å². The zero-order valence-electron chi connectivity index (χ0n) is 20.2. The second-order valence-corrected chi connectivity index (χ2v) is 9.39. The first-order chi connectivity index (χ1) is 15.4. The van der Waals surface area contributed by atoms with Crippen molar-refractivity contribution in [2.75, 3.05) is 40.4 Å². The van der Waals surface area contributed by atoms with Gasteiger partial charge >= 0.3 is 0 Å². The van der Waals surface area contributed by atoms with Gasteiger partial charge in [0.05, 0.1) is 12.2 Å². The van der Waals surface area contributed by atoms with E-state index >= 15 is 0 Å². The van der Waals surface area contributed by atoms with Crippen molar-refractivity contribution < 1.29 is 14.3 Å². The van der Waals surface area contributed by atoms with E-state index in [1.165, 1.54) is 25.7 Å². The number of carbonyl (C=O) groups is 1. The number of morpholine rings is 1. The van der Waals surface area contributed by atoms with Crippen LogP contribution in [0.15, 0.2) is 29.3 Å². The second-order valence-electron chi connectivity index (χ2n) is 9.39. The molecule has 1 amide bonds. The lowest BCUT2D eigenvalue weighted by Crippen LogP contribution is -2.48. The lowest BCUT2D eigenvalue weighted by molar-refractivity contribution is -0.0586. The molecule has 178 valence electrons. The summed E-state index contributed by atoms with van der Waals surface area (Å²) in [4.78, 5) is 19.1. The molecular weight excluding hydrogens is 404 g/mol. The highest BCUT2D eigenvalue weighted by atomic mass is 16.5. The van der Waals surface area contributed by atoms with E-state index < -0.39 is 0 Å². The SMILES string of the molecule is CN=C(NCc1ccc(C(=O)N2CC(C)OC(C)C2)cc1)NCC1(CCOC)CCCC1. The van der Waals surface area contributed by atoms with E-state index in [9.17, 15) is 4.79 Å². The average molecular weight is 445 g/mol. The monoisotopic (exact) mass is 444 g/mol. The van der Waals surface area contributed by atoms with Gasteiger partial charge in [0, 0.05) is 52.5 Å². The minimum Gasteiger partial charge on any atom is -0.385 e. The van der Waals surface area contributed by atoms with Gasteiger partial charge in [-0.2, -0.15) is 0 Å². The molecule has 2 unspecified atom stereocenters. The number of benzene rings is 1. The van der Waals surface area contributed by atoms with Crippen LogP contribution in [0.1, 0.15) is 61.9 Å². The highest BCUT2D eigenvalue weighted by Gasteiger charge is 2.33. The molecular formula is C25H40N4O3. The summed E-state index contributed by atoms with van der Waals surface area (Å²) in [7, 11) is 3.58. The predicted octanol–water partition coefficient (Wildman–Crippen LogP) is 3.20. The zero-order chi connectivity index (χ0) is 23.0. The molecule has 2 N–H and O–H groups in total. The van der Waals surface area contributed by atoms with Crippen LogP contribution in [0.2, 0.25) is 0 Å². The van der Waals surface area contributed by atoms with E-state index in [4.69, 9.17) is 9.47 Å². The molecule has 2 atom stereocenters. The fourth-order valence-corrected chi connectivity index (χ4v) is 4.93. The molecule has 2 fully saturated rings. The molecule has 3 rings (SSSR count). The van der Waals surface area contributed by atoms with Gasteiger partial charge < -0.3 is 25.0 Å². The molecule has 1 aliphatic carbocycles. The first kappa shape index (κ1) is 24.5. The van der Waals surface area contributed by atoms with Crippen molar-refractivity contribution in [3.8, 4) is 0 Å². The Morgan fingerprint density at radius 2 is 1.81 bits per heavy atom. The van der Waals surface area contributed by atoms with Crippen LogP contribution in [0.25, 0.3) is 0 Å². The number of hydrogen-bond donors (Lipinski definition) is 2. The van der Waals surface area contributed by atoms with E-state index in [1.807, 2.05) is 43.0 Å². The molecule has 1 saturated carbocycles. The van der Waals surface area contributed by atoms with Gasteiger partial charge in [-0.05, 0) is 56.2 Å². The molecule has 0 aromatic heterocycles. The Bertz CT molecular complexity index is 749. The first-order valence-corrected chi connectivity index (χ1v) is 11.9. The zero-order valence-corrected chi connectivity index (χ0v) is 20.2. The number of ether oxygens (including phenoxy) is 2. The quantitative estimate of drug-likeness (QED) is 0.476. The predicted molar refractivity (Wildman–Crippen MR) is 128 cm³/mol. The van der Waals surface area contributed by atoms with Crippen molar-refractivity contribution in [1.29, 1.82) is 0 Å². The van der Waals surface area contributed by atoms with E-state index in [0.717, 1.165) is 36.7 Å². The maximum atomic E-state index is 12.8. The maximum absolute atomic E-state index is 12.8. The van der Waals surface area contributed by atoms with Gasteiger partial charge in [0.25, 0.3) is 5.91 Å². The standard InChI is InChI=1S/C25H40N4O3/c1-19-16-29(17-20(2)32-19)23(30)22-9-7-21(8-10-22)15-27-24(26-3)28-18-25(13-14-31-4)11-5-6-12-25/h7-10,19-20H,5-6,11-18H2,1-4H3,(H2,26,27,28). The third-order valence-corrected chi connectivity index (χ3v) is 6.72. The van der Waals surface area contributed by atoms with E-state index in [0.29, 0.717) is 25.0 Å². The van der Waals surface area contributed by atoms with Gasteiger partial charge in [-0.3, -0.25) is 9.79 Å². The summed E-state index contributed by atoms with van der Waals surface area (Å²) in [5.41, 5.74) is 2.14. The molecule has 2 aliphatic rings. The molecule has 1 heterocycles. The summed E-state index contributed by atoms with van der Waals surface area (Å²) in [6.45, 7) is 7.68. The average Bonchev–Trinajstić information content (AvgIpc) is 3.26. The molecule has 1 aromatic rings.